The third kappa shape index (κ3) is 3.04. The van der Waals surface area contributed by atoms with Gasteiger partial charge in [0, 0.05) is 31.7 Å². The summed E-state index contributed by atoms with van der Waals surface area (Å²) in [5.41, 5.74) is 1.07. The van der Waals surface area contributed by atoms with Gasteiger partial charge in [0.25, 0.3) is 0 Å². The van der Waals surface area contributed by atoms with Crippen LogP contribution >= 0.6 is 0 Å². The average Bonchev–Trinajstić information content (AvgIpc) is 2.53. The van der Waals surface area contributed by atoms with Gasteiger partial charge in [0.05, 0.1) is 18.4 Å². The van der Waals surface area contributed by atoms with E-state index in [4.69, 9.17) is 9.47 Å². The predicted molar refractivity (Wildman–Crippen MR) is 81.5 cm³/mol. The van der Waals surface area contributed by atoms with Gasteiger partial charge in [0.1, 0.15) is 0 Å². The van der Waals surface area contributed by atoms with Crippen molar-refractivity contribution in [3.05, 3.63) is 17.8 Å². The molecule has 0 unspecified atom stereocenters. The summed E-state index contributed by atoms with van der Waals surface area (Å²) in [6, 6.07) is 4.10. The molecule has 3 rings (SSSR count). The second-order valence-corrected chi connectivity index (χ2v) is 6.21. The Morgan fingerprint density at radius 3 is 3.10 bits per heavy atom. The first-order valence-electron chi connectivity index (χ1n) is 7.98. The van der Waals surface area contributed by atoms with Crippen molar-refractivity contribution in [2.24, 2.45) is 5.41 Å². The van der Waals surface area contributed by atoms with E-state index in [9.17, 15) is 0 Å². The monoisotopic (exact) mass is 291 g/mol. The molecule has 1 aromatic heterocycles. The zero-order chi connectivity index (χ0) is 14.7. The van der Waals surface area contributed by atoms with E-state index >= 15 is 0 Å². The molecule has 0 bridgehead atoms. The van der Waals surface area contributed by atoms with Gasteiger partial charge in [-0.3, -0.25) is 0 Å². The van der Waals surface area contributed by atoms with Crippen LogP contribution in [0.1, 0.15) is 31.9 Å². The Morgan fingerprint density at radius 2 is 2.33 bits per heavy atom. The summed E-state index contributed by atoms with van der Waals surface area (Å²) in [7, 11) is 0. The van der Waals surface area contributed by atoms with E-state index in [1.165, 1.54) is 6.42 Å². The Labute approximate surface area is 126 Å². The lowest BCUT2D eigenvalue weighted by molar-refractivity contribution is -0.124. The summed E-state index contributed by atoms with van der Waals surface area (Å²) in [6.45, 7) is 8.40. The standard InChI is InChI=1S/C16H25N3O2/c1-3-20-12-16-8-4-10-21-14(16)7-9-19(11-16)15-6-5-13(2)17-18-15/h5-6,14H,3-4,7-12H2,1-2H3/t14-,16+/m0/s1. The molecule has 21 heavy (non-hydrogen) atoms. The first kappa shape index (κ1) is 14.7. The highest BCUT2D eigenvalue weighted by Crippen LogP contribution is 2.41. The minimum Gasteiger partial charge on any atom is -0.381 e. The summed E-state index contributed by atoms with van der Waals surface area (Å²) in [5, 5.41) is 8.53. The third-order valence-electron chi connectivity index (χ3n) is 4.69. The Balaban J connectivity index is 1.78. The molecule has 0 aromatic carbocycles. The summed E-state index contributed by atoms with van der Waals surface area (Å²) >= 11 is 0. The number of rotatable bonds is 4. The Kier molecular flexibility index (Phi) is 4.40. The lowest BCUT2D eigenvalue weighted by atomic mass is 9.73. The summed E-state index contributed by atoms with van der Waals surface area (Å²) in [4.78, 5) is 2.34. The number of anilines is 1. The van der Waals surface area contributed by atoms with E-state index in [-0.39, 0.29) is 5.41 Å². The van der Waals surface area contributed by atoms with Gasteiger partial charge < -0.3 is 14.4 Å². The zero-order valence-electron chi connectivity index (χ0n) is 13.0. The molecule has 3 heterocycles. The van der Waals surface area contributed by atoms with Crippen LogP contribution in [0.15, 0.2) is 12.1 Å². The van der Waals surface area contributed by atoms with Crippen LogP contribution in [0.5, 0.6) is 0 Å². The van der Waals surface area contributed by atoms with Crippen LogP contribution in [-0.4, -0.2) is 49.2 Å². The Bertz CT molecular complexity index is 465. The molecule has 5 heteroatoms. The number of hydrogen-bond acceptors (Lipinski definition) is 5. The van der Waals surface area contributed by atoms with Crippen molar-refractivity contribution < 1.29 is 9.47 Å². The van der Waals surface area contributed by atoms with Crippen molar-refractivity contribution in [2.75, 3.05) is 37.8 Å². The van der Waals surface area contributed by atoms with Gasteiger partial charge >= 0.3 is 0 Å². The fourth-order valence-corrected chi connectivity index (χ4v) is 3.56. The van der Waals surface area contributed by atoms with Gasteiger partial charge in [-0.2, -0.15) is 5.10 Å². The molecule has 0 spiro atoms. The highest BCUT2D eigenvalue weighted by Gasteiger charge is 2.46. The molecular formula is C16H25N3O2. The molecule has 2 fully saturated rings. The normalized spacial score (nSPS) is 29.2. The molecule has 0 aliphatic carbocycles. The highest BCUT2D eigenvalue weighted by molar-refractivity contribution is 5.39. The number of hydrogen-bond donors (Lipinski definition) is 0. The lowest BCUT2D eigenvalue weighted by Gasteiger charge is -2.50. The second-order valence-electron chi connectivity index (χ2n) is 6.21. The van der Waals surface area contributed by atoms with Crippen molar-refractivity contribution in [3.8, 4) is 0 Å². The molecule has 2 atom stereocenters. The number of fused-ring (bicyclic) bond motifs is 1. The predicted octanol–water partition coefficient (Wildman–Crippen LogP) is 2.20. The van der Waals surface area contributed by atoms with Crippen molar-refractivity contribution in [1.82, 2.24) is 10.2 Å². The second kappa shape index (κ2) is 6.28. The fourth-order valence-electron chi connectivity index (χ4n) is 3.56. The smallest absolute Gasteiger partial charge is 0.151 e. The molecule has 5 nitrogen and oxygen atoms in total. The molecule has 0 radical (unpaired) electrons. The van der Waals surface area contributed by atoms with Crippen LogP contribution in [0.3, 0.4) is 0 Å². The lowest BCUT2D eigenvalue weighted by Crippen LogP contribution is -2.57. The molecule has 2 aliphatic heterocycles. The van der Waals surface area contributed by atoms with E-state index in [0.29, 0.717) is 6.10 Å². The number of nitrogens with zero attached hydrogens (tertiary/aromatic N) is 3. The largest absolute Gasteiger partial charge is 0.381 e. The van der Waals surface area contributed by atoms with Gasteiger partial charge in [-0.05, 0) is 45.2 Å². The Morgan fingerprint density at radius 1 is 1.43 bits per heavy atom. The highest BCUT2D eigenvalue weighted by atomic mass is 16.5. The number of aromatic nitrogens is 2. The number of piperidine rings is 1. The molecule has 1 aromatic rings. The van der Waals surface area contributed by atoms with Crippen LogP contribution in [0.4, 0.5) is 5.82 Å². The third-order valence-corrected chi connectivity index (χ3v) is 4.69. The maximum absolute atomic E-state index is 6.04. The van der Waals surface area contributed by atoms with Gasteiger partial charge in [0.2, 0.25) is 0 Å². The zero-order valence-corrected chi connectivity index (χ0v) is 13.0. The Hall–Kier alpha value is -1.20. The van der Waals surface area contributed by atoms with Crippen LogP contribution in [0.2, 0.25) is 0 Å². The van der Waals surface area contributed by atoms with E-state index in [0.717, 1.165) is 57.3 Å². The van der Waals surface area contributed by atoms with E-state index in [1.807, 2.05) is 13.0 Å². The van der Waals surface area contributed by atoms with Crippen molar-refractivity contribution >= 4 is 5.82 Å². The van der Waals surface area contributed by atoms with E-state index in [2.05, 4.69) is 28.1 Å². The molecule has 0 amide bonds. The van der Waals surface area contributed by atoms with Crippen LogP contribution in [-0.2, 0) is 9.47 Å². The molecule has 0 saturated carbocycles. The first-order valence-corrected chi connectivity index (χ1v) is 7.98. The molecule has 0 N–H and O–H groups in total. The van der Waals surface area contributed by atoms with E-state index < -0.39 is 0 Å². The minimum absolute atomic E-state index is 0.110. The van der Waals surface area contributed by atoms with Crippen LogP contribution < -0.4 is 4.90 Å². The topological polar surface area (TPSA) is 47.5 Å². The SMILES string of the molecule is CCOC[C@]12CCCO[C@H]1CCN(c1ccc(C)nn1)C2. The number of aryl methyl sites for hydroxylation is 1. The van der Waals surface area contributed by atoms with Crippen molar-refractivity contribution in [3.63, 3.8) is 0 Å². The maximum atomic E-state index is 6.04. The first-order chi connectivity index (χ1) is 10.2. The van der Waals surface area contributed by atoms with Gasteiger partial charge in [-0.25, -0.2) is 0 Å². The summed E-state index contributed by atoms with van der Waals surface area (Å²) in [5.74, 6) is 0.973. The number of ether oxygens (including phenoxy) is 2. The van der Waals surface area contributed by atoms with Gasteiger partial charge in [0.15, 0.2) is 5.82 Å². The van der Waals surface area contributed by atoms with Gasteiger partial charge in [-0.15, -0.1) is 5.10 Å². The van der Waals surface area contributed by atoms with Crippen LogP contribution in [0, 0.1) is 12.3 Å². The van der Waals surface area contributed by atoms with Crippen molar-refractivity contribution in [1.29, 1.82) is 0 Å². The average molecular weight is 291 g/mol. The molecule has 2 aliphatic rings. The minimum atomic E-state index is 0.110. The van der Waals surface area contributed by atoms with Gasteiger partial charge in [-0.1, -0.05) is 0 Å². The molecule has 2 saturated heterocycles. The fraction of sp³-hybridized carbons (Fsp3) is 0.750. The quantitative estimate of drug-likeness (QED) is 0.851. The molecular weight excluding hydrogens is 266 g/mol. The maximum Gasteiger partial charge on any atom is 0.151 e. The summed E-state index contributed by atoms with van der Waals surface area (Å²) in [6.07, 6.45) is 3.67. The van der Waals surface area contributed by atoms with Crippen molar-refractivity contribution in [2.45, 2.75) is 39.2 Å². The van der Waals surface area contributed by atoms with Crippen LogP contribution in [0.25, 0.3) is 0 Å². The van der Waals surface area contributed by atoms with E-state index in [1.54, 1.807) is 0 Å². The molecule has 116 valence electrons. The summed E-state index contributed by atoms with van der Waals surface area (Å²) < 4.78 is 11.8.